The van der Waals surface area contributed by atoms with Gasteiger partial charge in [-0.25, -0.2) is 4.39 Å². The fourth-order valence-corrected chi connectivity index (χ4v) is 3.17. The summed E-state index contributed by atoms with van der Waals surface area (Å²) in [5.74, 6) is 3.43. The number of Topliss-reactive ketones (excluding diaryl/α,β-unsaturated/α-hetero) is 1. The first-order valence-electron chi connectivity index (χ1n) is 8.90. The fraction of sp³-hybridized carbons (Fsp3) is 0.273. The Morgan fingerprint density at radius 2 is 1.96 bits per heavy atom. The quantitative estimate of drug-likeness (QED) is 0.828. The molecule has 1 aliphatic rings. The maximum absolute atomic E-state index is 13.8. The molecule has 1 heterocycles. The zero-order valence-corrected chi connectivity index (χ0v) is 15.0. The van der Waals surface area contributed by atoms with Crippen molar-refractivity contribution in [2.45, 2.75) is 31.8 Å². The van der Waals surface area contributed by atoms with Crippen LogP contribution in [0.15, 0.2) is 48.5 Å². The van der Waals surface area contributed by atoms with E-state index in [0.29, 0.717) is 17.8 Å². The van der Waals surface area contributed by atoms with Crippen LogP contribution >= 0.6 is 0 Å². The maximum Gasteiger partial charge on any atom is 0.264 e. The van der Waals surface area contributed by atoms with E-state index in [0.717, 1.165) is 18.9 Å². The summed E-state index contributed by atoms with van der Waals surface area (Å²) in [6.07, 6.45) is 1.09. The number of fused-ring (bicyclic) bond motifs is 1. The number of aliphatic hydroxyl groups is 1. The Bertz CT molecular complexity index is 930. The predicted molar refractivity (Wildman–Crippen MR) is 101 cm³/mol. The third-order valence-electron chi connectivity index (χ3n) is 4.57. The van der Waals surface area contributed by atoms with E-state index < -0.39 is 29.5 Å². The highest BCUT2D eigenvalue weighted by molar-refractivity contribution is 6.10. The molecule has 27 heavy (non-hydrogen) atoms. The zero-order chi connectivity index (χ0) is 19.4. The largest absolute Gasteiger partial charge is 0.375 e. The number of ketones is 1. The van der Waals surface area contributed by atoms with Gasteiger partial charge in [0.25, 0.3) is 5.91 Å². The topological polar surface area (TPSA) is 57.6 Å². The third-order valence-corrected chi connectivity index (χ3v) is 4.57. The number of hydrogen-bond donors (Lipinski definition) is 1. The number of rotatable bonds is 5. The van der Waals surface area contributed by atoms with Crippen molar-refractivity contribution in [1.82, 2.24) is 0 Å². The Labute approximate surface area is 157 Å². The third kappa shape index (κ3) is 3.76. The molecule has 1 unspecified atom stereocenters. The molecule has 0 saturated carbocycles. The smallest absolute Gasteiger partial charge is 0.264 e. The van der Waals surface area contributed by atoms with Crippen LogP contribution in [0, 0.1) is 17.7 Å². The number of benzene rings is 2. The van der Waals surface area contributed by atoms with Crippen molar-refractivity contribution in [1.29, 1.82) is 0 Å². The molecule has 0 fully saturated rings. The number of nitrogens with zero attached hydrogens (tertiary/aromatic N) is 1. The van der Waals surface area contributed by atoms with E-state index >= 15 is 0 Å². The molecule has 0 spiro atoms. The number of carbonyl (C=O) groups excluding carboxylic acids is 2. The molecule has 5 heteroatoms. The molecule has 0 radical (unpaired) electrons. The summed E-state index contributed by atoms with van der Waals surface area (Å²) in [7, 11) is 0. The molecule has 1 atom stereocenters. The number of halogens is 1. The number of carbonyl (C=O) groups is 2. The van der Waals surface area contributed by atoms with Gasteiger partial charge in [0.05, 0.1) is 12.1 Å². The van der Waals surface area contributed by atoms with Gasteiger partial charge in [0.15, 0.2) is 5.60 Å². The van der Waals surface area contributed by atoms with Crippen LogP contribution in [0.1, 0.15) is 37.3 Å². The Balaban J connectivity index is 1.89. The second-order valence-corrected chi connectivity index (χ2v) is 6.55. The van der Waals surface area contributed by atoms with E-state index in [1.54, 1.807) is 24.3 Å². The number of hydrogen-bond acceptors (Lipinski definition) is 3. The molecule has 138 valence electrons. The van der Waals surface area contributed by atoms with E-state index in [9.17, 15) is 19.1 Å². The van der Waals surface area contributed by atoms with Gasteiger partial charge in [0.1, 0.15) is 5.82 Å². The van der Waals surface area contributed by atoms with Crippen LogP contribution in [0.5, 0.6) is 0 Å². The Morgan fingerprint density at radius 1 is 1.22 bits per heavy atom. The first-order chi connectivity index (χ1) is 13.0. The van der Waals surface area contributed by atoms with Gasteiger partial charge >= 0.3 is 0 Å². The lowest BCUT2D eigenvalue weighted by Gasteiger charge is -2.21. The first-order valence-corrected chi connectivity index (χ1v) is 8.90. The maximum atomic E-state index is 13.8. The summed E-state index contributed by atoms with van der Waals surface area (Å²) in [5, 5.41) is 11.0. The predicted octanol–water partition coefficient (Wildman–Crippen LogP) is 3.17. The number of amides is 1. The average Bonchev–Trinajstić information content (AvgIpc) is 2.86. The van der Waals surface area contributed by atoms with Crippen LogP contribution in [0.25, 0.3) is 0 Å². The number of anilines is 1. The molecular formula is C22H20FNO3. The van der Waals surface area contributed by atoms with Gasteiger partial charge in [-0.2, -0.15) is 0 Å². The second-order valence-electron chi connectivity index (χ2n) is 6.55. The Morgan fingerprint density at radius 3 is 2.67 bits per heavy atom. The first kappa shape index (κ1) is 18.8. The summed E-state index contributed by atoms with van der Waals surface area (Å²) in [4.78, 5) is 26.6. The summed E-state index contributed by atoms with van der Waals surface area (Å²) in [5.41, 5.74) is -0.862. The standard InChI is InChI=1S/C22H20FNO3/c1-2-3-13-24-20-12-10-17(23)14-19(20)22(27,21(24)26)15-18(25)11-9-16-7-5-4-6-8-16/h4-8,10,12,14,27H,2-3,13,15H2,1H3. The highest BCUT2D eigenvalue weighted by atomic mass is 19.1. The summed E-state index contributed by atoms with van der Waals surface area (Å²) >= 11 is 0. The minimum Gasteiger partial charge on any atom is -0.375 e. The van der Waals surface area contributed by atoms with Gasteiger partial charge in [-0.3, -0.25) is 9.59 Å². The molecule has 3 rings (SSSR count). The fourth-order valence-electron chi connectivity index (χ4n) is 3.17. The van der Waals surface area contributed by atoms with Crippen molar-refractivity contribution in [3.63, 3.8) is 0 Å². The van der Waals surface area contributed by atoms with Gasteiger partial charge in [-0.1, -0.05) is 37.5 Å². The second kappa shape index (κ2) is 7.73. The molecule has 1 amide bonds. The van der Waals surface area contributed by atoms with Crippen molar-refractivity contribution in [3.05, 3.63) is 65.5 Å². The van der Waals surface area contributed by atoms with Gasteiger partial charge in [0, 0.05) is 17.7 Å². The van der Waals surface area contributed by atoms with Crippen molar-refractivity contribution in [2.75, 3.05) is 11.4 Å². The average molecular weight is 365 g/mol. The Hall–Kier alpha value is -2.97. The summed E-state index contributed by atoms with van der Waals surface area (Å²) in [6, 6.07) is 12.8. The monoisotopic (exact) mass is 365 g/mol. The van der Waals surface area contributed by atoms with Crippen LogP contribution in [0.3, 0.4) is 0 Å². The van der Waals surface area contributed by atoms with Crippen molar-refractivity contribution < 1.29 is 19.1 Å². The van der Waals surface area contributed by atoms with E-state index in [-0.39, 0.29) is 5.56 Å². The minimum atomic E-state index is -2.09. The van der Waals surface area contributed by atoms with Crippen LogP contribution in [-0.4, -0.2) is 23.3 Å². The van der Waals surface area contributed by atoms with Crippen LogP contribution < -0.4 is 4.90 Å². The molecule has 2 aromatic carbocycles. The van der Waals surface area contributed by atoms with E-state index in [4.69, 9.17) is 0 Å². The molecule has 4 nitrogen and oxygen atoms in total. The zero-order valence-electron chi connectivity index (χ0n) is 15.0. The van der Waals surface area contributed by atoms with Crippen molar-refractivity contribution in [3.8, 4) is 11.8 Å². The highest BCUT2D eigenvalue weighted by Gasteiger charge is 2.50. The van der Waals surface area contributed by atoms with E-state index in [2.05, 4.69) is 11.8 Å². The van der Waals surface area contributed by atoms with Crippen LogP contribution in [-0.2, 0) is 15.2 Å². The minimum absolute atomic E-state index is 0.124. The van der Waals surface area contributed by atoms with E-state index in [1.165, 1.54) is 17.0 Å². The lowest BCUT2D eigenvalue weighted by atomic mass is 9.90. The van der Waals surface area contributed by atoms with Gasteiger partial charge in [-0.05, 0) is 42.7 Å². The molecule has 2 aromatic rings. The van der Waals surface area contributed by atoms with Crippen LogP contribution in [0.2, 0.25) is 0 Å². The lowest BCUT2D eigenvalue weighted by Crippen LogP contribution is -2.42. The molecule has 0 bridgehead atoms. The van der Waals surface area contributed by atoms with Gasteiger partial charge in [0.2, 0.25) is 5.78 Å². The van der Waals surface area contributed by atoms with Gasteiger partial charge < -0.3 is 10.0 Å². The SMILES string of the molecule is CCCCN1C(=O)C(O)(CC(=O)C#Cc2ccccc2)c2cc(F)ccc21. The van der Waals surface area contributed by atoms with Crippen molar-refractivity contribution in [2.24, 2.45) is 0 Å². The lowest BCUT2D eigenvalue weighted by molar-refractivity contribution is -0.140. The molecular weight excluding hydrogens is 345 g/mol. The summed E-state index contributed by atoms with van der Waals surface area (Å²) < 4.78 is 13.8. The molecule has 1 aliphatic heterocycles. The van der Waals surface area contributed by atoms with Crippen LogP contribution in [0.4, 0.5) is 10.1 Å². The van der Waals surface area contributed by atoms with Gasteiger partial charge in [-0.15, -0.1) is 0 Å². The summed E-state index contributed by atoms with van der Waals surface area (Å²) in [6.45, 7) is 2.39. The van der Waals surface area contributed by atoms with Crippen molar-refractivity contribution >= 4 is 17.4 Å². The Kier molecular flexibility index (Phi) is 5.38. The molecule has 0 aliphatic carbocycles. The molecule has 1 N–H and O–H groups in total. The number of unbranched alkanes of at least 4 members (excludes halogenated alkanes) is 1. The van der Waals surface area contributed by atoms with E-state index in [1.807, 2.05) is 13.0 Å². The highest BCUT2D eigenvalue weighted by Crippen LogP contribution is 2.42. The molecule has 0 aromatic heterocycles. The molecule has 0 saturated heterocycles. The normalized spacial score (nSPS) is 18.0.